The Balaban J connectivity index is 2.43. The molecule has 0 aromatic heterocycles. The summed E-state index contributed by atoms with van der Waals surface area (Å²) in [6.45, 7) is 5.43. The molecule has 1 aliphatic rings. The first-order chi connectivity index (χ1) is 6.79. The van der Waals surface area contributed by atoms with Crippen LogP contribution in [0.3, 0.4) is 0 Å². The van der Waals surface area contributed by atoms with Gasteiger partial charge in [0.25, 0.3) is 0 Å². The fourth-order valence-electron chi connectivity index (χ4n) is 2.45. The minimum atomic E-state index is -0.136. The van der Waals surface area contributed by atoms with Crippen molar-refractivity contribution in [2.45, 2.75) is 64.5 Å². The van der Waals surface area contributed by atoms with Crippen LogP contribution in [0.4, 0.5) is 0 Å². The lowest BCUT2D eigenvalue weighted by Crippen LogP contribution is -2.43. The van der Waals surface area contributed by atoms with Gasteiger partial charge in [0, 0.05) is 6.04 Å². The van der Waals surface area contributed by atoms with Gasteiger partial charge in [0.2, 0.25) is 0 Å². The summed E-state index contributed by atoms with van der Waals surface area (Å²) in [7, 11) is 0. The second kappa shape index (κ2) is 6.41. The fraction of sp³-hybridized carbons (Fsp3) is 1.00. The van der Waals surface area contributed by atoms with Crippen LogP contribution in [0.1, 0.15) is 52.4 Å². The average Bonchev–Trinajstić information content (AvgIpc) is 2.47. The van der Waals surface area contributed by atoms with E-state index in [9.17, 15) is 5.11 Å². The zero-order valence-electron chi connectivity index (χ0n) is 9.63. The van der Waals surface area contributed by atoms with Crippen molar-refractivity contribution in [1.29, 1.82) is 0 Å². The highest BCUT2D eigenvalue weighted by Crippen LogP contribution is 2.20. The molecule has 2 N–H and O–H groups in total. The van der Waals surface area contributed by atoms with Gasteiger partial charge in [-0.25, -0.2) is 0 Å². The van der Waals surface area contributed by atoms with Gasteiger partial charge in [-0.15, -0.1) is 0 Å². The first-order valence-electron chi connectivity index (χ1n) is 6.21. The molecule has 1 saturated heterocycles. The lowest BCUT2D eigenvalue weighted by molar-refractivity contribution is 0.0628. The van der Waals surface area contributed by atoms with Crippen molar-refractivity contribution in [3.05, 3.63) is 0 Å². The molecule has 0 aromatic rings. The van der Waals surface area contributed by atoms with E-state index in [1.165, 1.54) is 19.3 Å². The van der Waals surface area contributed by atoms with Crippen LogP contribution in [0.2, 0.25) is 0 Å². The molecule has 1 rings (SSSR count). The molecule has 0 aliphatic carbocycles. The van der Waals surface area contributed by atoms with Crippen LogP contribution < -0.4 is 5.32 Å². The molecule has 2 unspecified atom stereocenters. The van der Waals surface area contributed by atoms with E-state index < -0.39 is 0 Å². The van der Waals surface area contributed by atoms with Crippen LogP contribution >= 0.6 is 0 Å². The Morgan fingerprint density at radius 2 is 1.93 bits per heavy atom. The Hall–Kier alpha value is -0.0800. The van der Waals surface area contributed by atoms with Crippen molar-refractivity contribution in [2.75, 3.05) is 6.54 Å². The minimum absolute atomic E-state index is 0.136. The Morgan fingerprint density at radius 3 is 2.57 bits per heavy atom. The first-order valence-corrected chi connectivity index (χ1v) is 6.21. The van der Waals surface area contributed by atoms with E-state index in [1.807, 2.05) is 0 Å². The van der Waals surface area contributed by atoms with Gasteiger partial charge in [0.15, 0.2) is 0 Å². The van der Waals surface area contributed by atoms with Crippen LogP contribution in [0, 0.1) is 5.92 Å². The molecule has 1 fully saturated rings. The Bertz CT molecular complexity index is 137. The molecule has 0 aromatic carbocycles. The highest BCUT2D eigenvalue weighted by molar-refractivity contribution is 4.82. The molecule has 14 heavy (non-hydrogen) atoms. The molecule has 0 saturated carbocycles. The topological polar surface area (TPSA) is 32.3 Å². The second-order valence-corrected chi connectivity index (χ2v) is 4.48. The van der Waals surface area contributed by atoms with E-state index in [2.05, 4.69) is 19.2 Å². The molecule has 2 nitrogen and oxygen atoms in total. The molecule has 1 aliphatic heterocycles. The van der Waals surface area contributed by atoms with E-state index in [-0.39, 0.29) is 6.10 Å². The molecular formula is C12H25NO. The summed E-state index contributed by atoms with van der Waals surface area (Å²) >= 11 is 0. The molecule has 2 atom stereocenters. The third kappa shape index (κ3) is 3.25. The predicted octanol–water partition coefficient (Wildman–Crippen LogP) is 2.32. The van der Waals surface area contributed by atoms with E-state index in [0.29, 0.717) is 12.0 Å². The van der Waals surface area contributed by atoms with Gasteiger partial charge < -0.3 is 10.4 Å². The van der Waals surface area contributed by atoms with Crippen molar-refractivity contribution < 1.29 is 5.11 Å². The van der Waals surface area contributed by atoms with Gasteiger partial charge in [-0.05, 0) is 25.3 Å². The highest BCUT2D eigenvalue weighted by atomic mass is 16.3. The van der Waals surface area contributed by atoms with Gasteiger partial charge >= 0.3 is 0 Å². The smallest absolute Gasteiger partial charge is 0.0721 e. The molecule has 1 heterocycles. The van der Waals surface area contributed by atoms with Crippen LogP contribution in [0.25, 0.3) is 0 Å². The third-order valence-electron chi connectivity index (χ3n) is 3.54. The number of aliphatic hydroxyl groups is 1. The largest absolute Gasteiger partial charge is 0.391 e. The number of aliphatic hydroxyl groups excluding tert-OH is 1. The summed E-state index contributed by atoms with van der Waals surface area (Å²) in [5.41, 5.74) is 0. The van der Waals surface area contributed by atoms with Crippen molar-refractivity contribution >= 4 is 0 Å². The maximum Gasteiger partial charge on any atom is 0.0721 e. The van der Waals surface area contributed by atoms with Crippen LogP contribution in [0.5, 0.6) is 0 Å². The fourth-order valence-corrected chi connectivity index (χ4v) is 2.45. The van der Waals surface area contributed by atoms with Crippen molar-refractivity contribution in [3.63, 3.8) is 0 Å². The summed E-state index contributed by atoms with van der Waals surface area (Å²) in [5, 5.41) is 13.7. The number of hydrogen-bond donors (Lipinski definition) is 2. The van der Waals surface area contributed by atoms with Gasteiger partial charge in [-0.1, -0.05) is 39.5 Å². The molecule has 0 spiro atoms. The molecule has 2 heteroatoms. The minimum Gasteiger partial charge on any atom is -0.391 e. The summed E-state index contributed by atoms with van der Waals surface area (Å²) in [5.74, 6) is 0.477. The van der Waals surface area contributed by atoms with Gasteiger partial charge in [0.05, 0.1) is 6.10 Å². The van der Waals surface area contributed by atoms with Gasteiger partial charge in [-0.3, -0.25) is 0 Å². The van der Waals surface area contributed by atoms with Gasteiger partial charge in [0.1, 0.15) is 0 Å². The molecule has 0 amide bonds. The van der Waals surface area contributed by atoms with Crippen molar-refractivity contribution in [2.24, 2.45) is 5.92 Å². The van der Waals surface area contributed by atoms with Crippen LogP contribution in [-0.4, -0.2) is 23.8 Å². The summed E-state index contributed by atoms with van der Waals surface area (Å²) < 4.78 is 0. The Labute approximate surface area is 88.1 Å². The average molecular weight is 199 g/mol. The number of rotatable bonds is 4. The maximum atomic E-state index is 10.2. The monoisotopic (exact) mass is 199 g/mol. The quantitative estimate of drug-likeness (QED) is 0.728. The SMILES string of the molecule is CCC(CC)C(O)C1CCCCCN1. The summed E-state index contributed by atoms with van der Waals surface area (Å²) in [4.78, 5) is 0. The van der Waals surface area contributed by atoms with Crippen molar-refractivity contribution in [3.8, 4) is 0 Å². The molecule has 0 radical (unpaired) electrons. The summed E-state index contributed by atoms with van der Waals surface area (Å²) in [6, 6.07) is 0.349. The molecular weight excluding hydrogens is 174 g/mol. The Morgan fingerprint density at radius 1 is 1.21 bits per heavy atom. The number of hydrogen-bond acceptors (Lipinski definition) is 2. The molecule has 0 bridgehead atoms. The zero-order valence-corrected chi connectivity index (χ0v) is 9.63. The standard InChI is InChI=1S/C12H25NO/c1-3-10(4-2)12(14)11-8-6-5-7-9-13-11/h10-14H,3-9H2,1-2H3. The van der Waals surface area contributed by atoms with Crippen molar-refractivity contribution in [1.82, 2.24) is 5.32 Å². The van der Waals surface area contributed by atoms with Gasteiger partial charge in [-0.2, -0.15) is 0 Å². The zero-order chi connectivity index (χ0) is 10.4. The third-order valence-corrected chi connectivity index (χ3v) is 3.54. The maximum absolute atomic E-state index is 10.2. The normalized spacial score (nSPS) is 26.1. The summed E-state index contributed by atoms with van der Waals surface area (Å²) in [6.07, 6.45) is 7.06. The number of nitrogens with one attached hydrogen (secondary N) is 1. The van der Waals surface area contributed by atoms with E-state index >= 15 is 0 Å². The van der Waals surface area contributed by atoms with E-state index in [4.69, 9.17) is 0 Å². The Kier molecular flexibility index (Phi) is 5.49. The molecule has 84 valence electrons. The van der Waals surface area contributed by atoms with E-state index in [1.54, 1.807) is 0 Å². The van der Waals surface area contributed by atoms with Crippen LogP contribution in [0.15, 0.2) is 0 Å². The van der Waals surface area contributed by atoms with E-state index in [0.717, 1.165) is 25.8 Å². The first kappa shape index (κ1) is 12.0. The predicted molar refractivity (Wildman–Crippen MR) is 60.3 cm³/mol. The lowest BCUT2D eigenvalue weighted by Gasteiger charge is -2.28. The van der Waals surface area contributed by atoms with Crippen LogP contribution in [-0.2, 0) is 0 Å². The highest BCUT2D eigenvalue weighted by Gasteiger charge is 2.25. The second-order valence-electron chi connectivity index (χ2n) is 4.48. The lowest BCUT2D eigenvalue weighted by atomic mass is 9.89.